The zero-order chi connectivity index (χ0) is 14.2. The summed E-state index contributed by atoms with van der Waals surface area (Å²) in [4.78, 5) is 14.0. The maximum absolute atomic E-state index is 12.4. The maximum Gasteiger partial charge on any atom is 0.250 e. The number of hydrogen-bond donors (Lipinski definition) is 1. The van der Waals surface area contributed by atoms with Crippen LogP contribution in [0.4, 0.5) is 11.4 Å². The second-order valence-corrected chi connectivity index (χ2v) is 5.59. The van der Waals surface area contributed by atoms with E-state index in [1.165, 1.54) is 0 Å². The first-order valence-electron chi connectivity index (χ1n) is 5.96. The highest BCUT2D eigenvalue weighted by Gasteiger charge is 2.34. The van der Waals surface area contributed by atoms with Crippen LogP contribution in [0.3, 0.4) is 0 Å². The third-order valence-corrected chi connectivity index (χ3v) is 3.81. The van der Waals surface area contributed by atoms with E-state index < -0.39 is 0 Å². The van der Waals surface area contributed by atoms with Gasteiger partial charge in [0.05, 0.1) is 28.0 Å². The minimum absolute atomic E-state index is 0.0427. The van der Waals surface area contributed by atoms with Crippen LogP contribution in [0.1, 0.15) is 13.8 Å². The zero-order valence-electron chi connectivity index (χ0n) is 10.7. The van der Waals surface area contributed by atoms with E-state index in [-0.39, 0.29) is 24.4 Å². The number of hydrogen-bond acceptors (Lipinski definition) is 2. The molecule has 0 aliphatic carbocycles. The minimum atomic E-state index is -0.307. The topological polar surface area (TPSA) is 32.3 Å². The molecule has 1 N–H and O–H groups in total. The molecule has 0 spiro atoms. The number of anilines is 2. The van der Waals surface area contributed by atoms with Crippen molar-refractivity contribution >= 4 is 40.5 Å². The van der Waals surface area contributed by atoms with Gasteiger partial charge in [-0.15, -0.1) is 6.42 Å². The van der Waals surface area contributed by atoms with Gasteiger partial charge in [-0.2, -0.15) is 0 Å². The third-order valence-electron chi connectivity index (χ3n) is 3.09. The summed E-state index contributed by atoms with van der Waals surface area (Å²) in [5.41, 5.74) is 1.46. The Morgan fingerprint density at radius 1 is 1.42 bits per heavy atom. The van der Waals surface area contributed by atoms with E-state index in [0.29, 0.717) is 15.7 Å². The van der Waals surface area contributed by atoms with E-state index in [4.69, 9.17) is 29.6 Å². The average Bonchev–Trinajstić information content (AvgIpc) is 2.35. The van der Waals surface area contributed by atoms with Crippen molar-refractivity contribution in [1.82, 2.24) is 0 Å². The van der Waals surface area contributed by atoms with Crippen LogP contribution < -0.4 is 10.2 Å². The van der Waals surface area contributed by atoms with Crippen LogP contribution in [-0.4, -0.2) is 18.5 Å². The van der Waals surface area contributed by atoms with Crippen LogP contribution in [0, 0.1) is 18.3 Å². The molecule has 1 amide bonds. The summed E-state index contributed by atoms with van der Waals surface area (Å²) in [6.45, 7) is 4.17. The van der Waals surface area contributed by atoms with E-state index in [0.717, 1.165) is 5.69 Å². The number of fused-ring (bicyclic) bond motifs is 1. The highest BCUT2D eigenvalue weighted by molar-refractivity contribution is 6.42. The van der Waals surface area contributed by atoms with Gasteiger partial charge in [0.2, 0.25) is 0 Å². The molecule has 1 aliphatic rings. The molecule has 0 saturated carbocycles. The zero-order valence-corrected chi connectivity index (χ0v) is 12.2. The summed E-state index contributed by atoms with van der Waals surface area (Å²) in [5.74, 6) is 2.61. The summed E-state index contributed by atoms with van der Waals surface area (Å²) < 4.78 is 0. The van der Waals surface area contributed by atoms with Gasteiger partial charge in [0.15, 0.2) is 0 Å². The van der Waals surface area contributed by atoms with Crippen molar-refractivity contribution in [2.45, 2.75) is 19.9 Å². The Morgan fingerprint density at radius 2 is 2.05 bits per heavy atom. The lowest BCUT2D eigenvalue weighted by Crippen LogP contribution is -2.49. The quantitative estimate of drug-likeness (QED) is 0.848. The Kier molecular flexibility index (Phi) is 3.93. The van der Waals surface area contributed by atoms with E-state index in [1.54, 1.807) is 17.0 Å². The standard InChI is InChI=1S/C14H14Cl2N2O/c1-4-5-18-12-7-10(16)9(15)6-11(12)17-13(8(2)3)14(18)19/h1,6-8,13,17H,5H2,2-3H3. The number of terminal acetylenes is 1. The normalized spacial score (nSPS) is 18.0. The molecule has 3 nitrogen and oxygen atoms in total. The van der Waals surface area contributed by atoms with Gasteiger partial charge < -0.3 is 5.32 Å². The smallest absolute Gasteiger partial charge is 0.250 e. The molecule has 1 atom stereocenters. The number of carbonyl (C=O) groups is 1. The SMILES string of the molecule is C#CCN1C(=O)C(C(C)C)Nc2cc(Cl)c(Cl)cc21. The van der Waals surface area contributed by atoms with Gasteiger partial charge in [-0.25, -0.2) is 0 Å². The Balaban J connectivity index is 2.53. The second kappa shape index (κ2) is 5.32. The molecule has 1 heterocycles. The van der Waals surface area contributed by atoms with Crippen molar-refractivity contribution < 1.29 is 4.79 Å². The number of benzene rings is 1. The first-order chi connectivity index (χ1) is 8.95. The molecule has 0 aromatic heterocycles. The van der Waals surface area contributed by atoms with Gasteiger partial charge >= 0.3 is 0 Å². The highest BCUT2D eigenvalue weighted by atomic mass is 35.5. The van der Waals surface area contributed by atoms with E-state index >= 15 is 0 Å². The summed E-state index contributed by atoms with van der Waals surface area (Å²) in [6, 6.07) is 3.08. The van der Waals surface area contributed by atoms with Gasteiger partial charge in [0.1, 0.15) is 6.04 Å². The van der Waals surface area contributed by atoms with Crippen LogP contribution in [0.2, 0.25) is 10.0 Å². The molecular weight excluding hydrogens is 283 g/mol. The minimum Gasteiger partial charge on any atom is -0.372 e. The number of amides is 1. The van der Waals surface area contributed by atoms with Gasteiger partial charge in [-0.1, -0.05) is 43.0 Å². The third kappa shape index (κ3) is 2.51. The van der Waals surface area contributed by atoms with Gasteiger partial charge in [-0.05, 0) is 18.1 Å². The lowest BCUT2D eigenvalue weighted by molar-refractivity contribution is -0.120. The van der Waals surface area contributed by atoms with Crippen LogP contribution in [0.5, 0.6) is 0 Å². The molecule has 5 heteroatoms. The van der Waals surface area contributed by atoms with Gasteiger partial charge in [0, 0.05) is 0 Å². The first-order valence-corrected chi connectivity index (χ1v) is 6.71. The molecule has 1 unspecified atom stereocenters. The molecule has 0 saturated heterocycles. The fraction of sp³-hybridized carbons (Fsp3) is 0.357. The molecule has 0 radical (unpaired) electrons. The van der Waals surface area contributed by atoms with Crippen molar-refractivity contribution in [3.05, 3.63) is 22.2 Å². The molecule has 1 aromatic rings. The Bertz CT molecular complexity index is 563. The number of nitrogens with one attached hydrogen (secondary N) is 1. The summed E-state index contributed by atoms with van der Waals surface area (Å²) >= 11 is 12.0. The monoisotopic (exact) mass is 296 g/mol. The van der Waals surface area contributed by atoms with E-state index in [2.05, 4.69) is 11.2 Å². The largest absolute Gasteiger partial charge is 0.372 e. The number of halogens is 2. The lowest BCUT2D eigenvalue weighted by atomic mass is 9.99. The van der Waals surface area contributed by atoms with Crippen molar-refractivity contribution in [3.63, 3.8) is 0 Å². The molecule has 1 aromatic carbocycles. The van der Waals surface area contributed by atoms with Crippen molar-refractivity contribution in [2.75, 3.05) is 16.8 Å². The number of nitrogens with zero attached hydrogens (tertiary/aromatic N) is 1. The van der Waals surface area contributed by atoms with E-state index in [1.807, 2.05) is 13.8 Å². The number of carbonyl (C=O) groups excluding carboxylic acids is 1. The molecule has 100 valence electrons. The lowest BCUT2D eigenvalue weighted by Gasteiger charge is -2.36. The summed E-state index contributed by atoms with van der Waals surface area (Å²) in [5, 5.41) is 4.05. The van der Waals surface area contributed by atoms with E-state index in [9.17, 15) is 4.79 Å². The maximum atomic E-state index is 12.4. The molecule has 0 bridgehead atoms. The highest BCUT2D eigenvalue weighted by Crippen LogP contribution is 2.38. The van der Waals surface area contributed by atoms with Gasteiger partial charge in [-0.3, -0.25) is 9.69 Å². The van der Waals surface area contributed by atoms with Crippen LogP contribution in [-0.2, 0) is 4.79 Å². The van der Waals surface area contributed by atoms with Crippen molar-refractivity contribution in [2.24, 2.45) is 5.92 Å². The Morgan fingerprint density at radius 3 is 2.63 bits per heavy atom. The molecule has 0 fully saturated rings. The van der Waals surface area contributed by atoms with Crippen LogP contribution in [0.15, 0.2) is 12.1 Å². The second-order valence-electron chi connectivity index (χ2n) is 4.78. The molecule has 19 heavy (non-hydrogen) atoms. The Labute approximate surface area is 122 Å². The molecular formula is C14H14Cl2N2O. The fourth-order valence-corrected chi connectivity index (χ4v) is 2.42. The average molecular weight is 297 g/mol. The molecule has 1 aliphatic heterocycles. The fourth-order valence-electron chi connectivity index (χ4n) is 2.10. The van der Waals surface area contributed by atoms with Crippen molar-refractivity contribution in [3.8, 4) is 12.3 Å². The predicted octanol–water partition coefficient (Wildman–Crippen LogP) is 3.41. The predicted molar refractivity (Wildman–Crippen MR) is 79.9 cm³/mol. The van der Waals surface area contributed by atoms with Crippen molar-refractivity contribution in [1.29, 1.82) is 0 Å². The summed E-state index contributed by atoms with van der Waals surface area (Å²) in [6.07, 6.45) is 5.34. The molecule has 2 rings (SSSR count). The number of rotatable bonds is 2. The first kappa shape index (κ1) is 14.0. The van der Waals surface area contributed by atoms with Crippen LogP contribution in [0.25, 0.3) is 0 Å². The Hall–Kier alpha value is -1.37. The van der Waals surface area contributed by atoms with Crippen LogP contribution >= 0.6 is 23.2 Å². The van der Waals surface area contributed by atoms with Gasteiger partial charge in [0.25, 0.3) is 5.91 Å². The summed E-state index contributed by atoms with van der Waals surface area (Å²) in [7, 11) is 0.